The molecule has 0 radical (unpaired) electrons. The van der Waals surface area contributed by atoms with Gasteiger partial charge in [-0.25, -0.2) is 4.79 Å². The molecule has 2 aromatic rings. The fourth-order valence-electron chi connectivity index (χ4n) is 5.50. The van der Waals surface area contributed by atoms with Gasteiger partial charge in [-0.15, -0.1) is 0 Å². The highest BCUT2D eigenvalue weighted by atomic mass is 16.5. The minimum atomic E-state index is -0.529. The van der Waals surface area contributed by atoms with Crippen molar-refractivity contribution in [3.63, 3.8) is 0 Å². The minimum absolute atomic E-state index is 0.164. The van der Waals surface area contributed by atoms with Crippen LogP contribution < -0.4 is 14.8 Å². The first-order valence-electron chi connectivity index (χ1n) is 15.9. The number of ether oxygens (including phenoxy) is 4. The van der Waals surface area contributed by atoms with E-state index in [2.05, 4.69) is 24.4 Å². The smallest absolute Gasteiger partial charge is 0.337 e. The molecular formula is C35H49NO7. The lowest BCUT2D eigenvalue weighted by atomic mass is 9.85. The number of rotatable bonds is 18. The van der Waals surface area contributed by atoms with Gasteiger partial charge in [0.15, 0.2) is 0 Å². The molecule has 0 bridgehead atoms. The largest absolute Gasteiger partial charge is 0.494 e. The van der Waals surface area contributed by atoms with Gasteiger partial charge in [-0.05, 0) is 74.4 Å². The molecule has 236 valence electrons. The van der Waals surface area contributed by atoms with Crippen LogP contribution in [0.15, 0.2) is 42.5 Å². The maximum atomic E-state index is 13.3. The third-order valence-corrected chi connectivity index (χ3v) is 8.00. The predicted molar refractivity (Wildman–Crippen MR) is 167 cm³/mol. The summed E-state index contributed by atoms with van der Waals surface area (Å²) in [7, 11) is 2.69. The van der Waals surface area contributed by atoms with E-state index in [1.165, 1.54) is 64.4 Å². The van der Waals surface area contributed by atoms with Crippen LogP contribution in [0.4, 0.5) is 0 Å². The second-order valence-electron chi connectivity index (χ2n) is 11.3. The summed E-state index contributed by atoms with van der Waals surface area (Å²) < 4.78 is 21.7. The van der Waals surface area contributed by atoms with E-state index in [4.69, 9.17) is 18.9 Å². The maximum absolute atomic E-state index is 13.3. The van der Waals surface area contributed by atoms with Gasteiger partial charge in [-0.1, -0.05) is 64.0 Å². The number of amides is 1. The molecular weight excluding hydrogens is 546 g/mol. The SMILES string of the molecule is CCCCCCCCCOc1ccc(CCCOc2ccc(C(=O)OC)cc2C(=O)NC2CCCC(C(=O)OC)C2)cc1. The van der Waals surface area contributed by atoms with Gasteiger partial charge in [0.2, 0.25) is 0 Å². The Kier molecular flexibility index (Phi) is 14.9. The summed E-state index contributed by atoms with van der Waals surface area (Å²) in [6, 6.07) is 12.8. The third-order valence-electron chi connectivity index (χ3n) is 8.00. The molecule has 2 aromatic carbocycles. The maximum Gasteiger partial charge on any atom is 0.337 e. The highest BCUT2D eigenvalue weighted by Gasteiger charge is 2.29. The Morgan fingerprint density at radius 3 is 2.26 bits per heavy atom. The monoisotopic (exact) mass is 595 g/mol. The Bertz CT molecular complexity index is 1150. The second kappa shape index (κ2) is 18.9. The van der Waals surface area contributed by atoms with Crippen molar-refractivity contribution >= 4 is 17.8 Å². The van der Waals surface area contributed by atoms with Crippen LogP contribution in [-0.2, 0) is 20.7 Å². The molecule has 0 saturated heterocycles. The molecule has 0 aliphatic heterocycles. The molecule has 0 spiro atoms. The molecule has 2 unspecified atom stereocenters. The summed E-state index contributed by atoms with van der Waals surface area (Å²) in [6.45, 7) is 3.39. The van der Waals surface area contributed by atoms with E-state index in [0.29, 0.717) is 18.8 Å². The molecule has 43 heavy (non-hydrogen) atoms. The first kappa shape index (κ1) is 33.9. The molecule has 2 atom stereocenters. The van der Waals surface area contributed by atoms with Crippen LogP contribution in [0.2, 0.25) is 0 Å². The summed E-state index contributed by atoms with van der Waals surface area (Å²) in [4.78, 5) is 37.5. The molecule has 1 amide bonds. The molecule has 1 N–H and O–H groups in total. The topological polar surface area (TPSA) is 100 Å². The van der Waals surface area contributed by atoms with Gasteiger partial charge in [-0.2, -0.15) is 0 Å². The molecule has 3 rings (SSSR count). The molecule has 8 nitrogen and oxygen atoms in total. The number of benzene rings is 2. The predicted octanol–water partition coefficient (Wildman–Crippen LogP) is 7.08. The summed E-state index contributed by atoms with van der Waals surface area (Å²) >= 11 is 0. The Labute approximate surface area is 256 Å². The average molecular weight is 596 g/mol. The highest BCUT2D eigenvalue weighted by molar-refractivity contribution is 6.00. The number of carbonyl (C=O) groups is 3. The first-order valence-corrected chi connectivity index (χ1v) is 15.9. The highest BCUT2D eigenvalue weighted by Crippen LogP contribution is 2.27. The number of hydrogen-bond acceptors (Lipinski definition) is 7. The van der Waals surface area contributed by atoms with E-state index >= 15 is 0 Å². The fraction of sp³-hybridized carbons (Fsp3) is 0.571. The van der Waals surface area contributed by atoms with Gasteiger partial charge in [0.1, 0.15) is 11.5 Å². The van der Waals surface area contributed by atoms with Crippen LogP contribution >= 0.6 is 0 Å². The van der Waals surface area contributed by atoms with Crippen molar-refractivity contribution in [3.05, 3.63) is 59.2 Å². The lowest BCUT2D eigenvalue weighted by Gasteiger charge is -2.28. The number of methoxy groups -OCH3 is 2. The lowest BCUT2D eigenvalue weighted by molar-refractivity contribution is -0.146. The number of aryl methyl sites for hydroxylation is 1. The molecule has 1 aliphatic rings. The zero-order chi connectivity index (χ0) is 30.9. The number of carbonyl (C=O) groups excluding carboxylic acids is 3. The molecule has 1 saturated carbocycles. The van der Waals surface area contributed by atoms with Gasteiger partial charge in [0, 0.05) is 6.04 Å². The number of unbranched alkanes of at least 4 members (excludes halogenated alkanes) is 6. The van der Waals surface area contributed by atoms with Crippen LogP contribution in [0.5, 0.6) is 11.5 Å². The Morgan fingerprint density at radius 2 is 1.53 bits per heavy atom. The van der Waals surface area contributed by atoms with Gasteiger partial charge < -0.3 is 24.3 Å². The van der Waals surface area contributed by atoms with Crippen molar-refractivity contribution in [1.29, 1.82) is 0 Å². The van der Waals surface area contributed by atoms with Gasteiger partial charge in [-0.3, -0.25) is 9.59 Å². The van der Waals surface area contributed by atoms with Gasteiger partial charge in [0.05, 0.1) is 44.5 Å². The van der Waals surface area contributed by atoms with Crippen molar-refractivity contribution in [2.45, 2.75) is 96.4 Å². The van der Waals surface area contributed by atoms with Crippen LogP contribution in [0.1, 0.15) is 110 Å². The van der Waals surface area contributed by atoms with Crippen molar-refractivity contribution in [1.82, 2.24) is 5.32 Å². The molecule has 0 heterocycles. The average Bonchev–Trinajstić information content (AvgIpc) is 3.04. The van der Waals surface area contributed by atoms with Crippen LogP contribution in [0.25, 0.3) is 0 Å². The molecule has 0 aromatic heterocycles. The van der Waals surface area contributed by atoms with E-state index < -0.39 is 5.97 Å². The van der Waals surface area contributed by atoms with Gasteiger partial charge >= 0.3 is 11.9 Å². The Morgan fingerprint density at radius 1 is 0.814 bits per heavy atom. The fourth-order valence-corrected chi connectivity index (χ4v) is 5.50. The second-order valence-corrected chi connectivity index (χ2v) is 11.3. The minimum Gasteiger partial charge on any atom is -0.494 e. The summed E-state index contributed by atoms with van der Waals surface area (Å²) in [5.41, 5.74) is 1.72. The van der Waals surface area contributed by atoms with E-state index in [9.17, 15) is 14.4 Å². The Hall–Kier alpha value is -3.55. The molecule has 1 fully saturated rings. The van der Waals surface area contributed by atoms with Gasteiger partial charge in [0.25, 0.3) is 5.91 Å². The number of hydrogen-bond donors (Lipinski definition) is 1. The number of esters is 2. The Balaban J connectivity index is 1.48. The number of nitrogens with one attached hydrogen (secondary N) is 1. The molecule has 1 aliphatic carbocycles. The van der Waals surface area contributed by atoms with Crippen LogP contribution in [-0.4, -0.2) is 51.3 Å². The van der Waals surface area contributed by atoms with E-state index in [1.54, 1.807) is 12.1 Å². The standard InChI is InChI=1S/C35H49NO7/c1-4-5-6-7-8-9-10-22-42-30-19-16-26(17-20-30)13-12-23-43-32-21-18-28(35(39)41-3)25-31(32)33(37)36-29-15-11-14-27(24-29)34(38)40-2/h16-21,25,27,29H,4-15,22-24H2,1-3H3,(H,36,37). The normalized spacial score (nSPS) is 16.3. The third kappa shape index (κ3) is 11.6. The lowest BCUT2D eigenvalue weighted by Crippen LogP contribution is -2.40. The van der Waals surface area contributed by atoms with Crippen molar-refractivity contribution in [3.8, 4) is 11.5 Å². The zero-order valence-corrected chi connectivity index (χ0v) is 26.2. The van der Waals surface area contributed by atoms with E-state index in [1.807, 2.05) is 12.1 Å². The summed E-state index contributed by atoms with van der Waals surface area (Å²) in [5, 5.41) is 3.03. The van der Waals surface area contributed by atoms with E-state index in [-0.39, 0.29) is 35.0 Å². The van der Waals surface area contributed by atoms with Crippen LogP contribution in [0, 0.1) is 5.92 Å². The van der Waals surface area contributed by atoms with Crippen LogP contribution in [0.3, 0.4) is 0 Å². The van der Waals surface area contributed by atoms with E-state index in [0.717, 1.165) is 50.9 Å². The van der Waals surface area contributed by atoms with Crippen molar-refractivity contribution in [2.24, 2.45) is 5.92 Å². The zero-order valence-electron chi connectivity index (χ0n) is 26.2. The first-order chi connectivity index (χ1) is 20.9. The van der Waals surface area contributed by atoms with Crippen molar-refractivity contribution < 1.29 is 33.3 Å². The van der Waals surface area contributed by atoms with Crippen molar-refractivity contribution in [2.75, 3.05) is 27.4 Å². The summed E-state index contributed by atoms with van der Waals surface area (Å²) in [5.74, 6) is -0.0572. The molecule has 8 heteroatoms. The quantitative estimate of drug-likeness (QED) is 0.145. The summed E-state index contributed by atoms with van der Waals surface area (Å²) in [6.07, 6.45) is 13.3.